The largest absolute Gasteiger partial charge is 0.494 e. The standard InChI is InChI=1S/C21H24N6O4S/c1-15-3-6-18(7-4-15)32(29,30)26-11-9-16(10-12-26)21(28)23-17-5-8-19(20(13-17)31-2)27-14-22-24-25-27/h3-8,13-14,16H,9-12H2,1-2H3,(H,23,28). The maximum atomic E-state index is 12.9. The summed E-state index contributed by atoms with van der Waals surface area (Å²) in [5, 5.41) is 14.0. The smallest absolute Gasteiger partial charge is 0.243 e. The molecule has 0 saturated carbocycles. The van der Waals surface area contributed by atoms with E-state index < -0.39 is 10.0 Å². The number of methoxy groups -OCH3 is 1. The fraction of sp³-hybridized carbons (Fsp3) is 0.333. The van der Waals surface area contributed by atoms with Gasteiger partial charge in [0.25, 0.3) is 0 Å². The van der Waals surface area contributed by atoms with Gasteiger partial charge in [-0.25, -0.2) is 8.42 Å². The van der Waals surface area contributed by atoms with E-state index in [0.717, 1.165) is 5.56 Å². The van der Waals surface area contributed by atoms with Gasteiger partial charge in [-0.05, 0) is 54.5 Å². The summed E-state index contributed by atoms with van der Waals surface area (Å²) in [4.78, 5) is 13.1. The quantitative estimate of drug-likeness (QED) is 0.603. The van der Waals surface area contributed by atoms with Crippen LogP contribution in [0, 0.1) is 12.8 Å². The number of piperidine rings is 1. The van der Waals surface area contributed by atoms with Crippen LogP contribution in [0.2, 0.25) is 0 Å². The van der Waals surface area contributed by atoms with Crippen LogP contribution < -0.4 is 10.1 Å². The van der Waals surface area contributed by atoms with Gasteiger partial charge in [-0.1, -0.05) is 17.7 Å². The lowest BCUT2D eigenvalue weighted by Gasteiger charge is -2.30. The molecule has 168 valence electrons. The molecule has 1 amide bonds. The highest BCUT2D eigenvalue weighted by molar-refractivity contribution is 7.89. The fourth-order valence-electron chi connectivity index (χ4n) is 3.68. The Hall–Kier alpha value is -3.31. The van der Waals surface area contributed by atoms with Crippen molar-refractivity contribution in [3.8, 4) is 11.4 Å². The molecule has 4 rings (SSSR count). The molecule has 2 aromatic carbocycles. The van der Waals surface area contributed by atoms with Crippen molar-refractivity contribution < 1.29 is 17.9 Å². The van der Waals surface area contributed by atoms with Crippen LogP contribution in [0.4, 0.5) is 5.69 Å². The summed E-state index contributed by atoms with van der Waals surface area (Å²) in [6.45, 7) is 2.52. The SMILES string of the molecule is COc1cc(NC(=O)C2CCN(S(=O)(=O)c3ccc(C)cc3)CC2)ccc1-n1cnnn1. The number of ether oxygens (including phenoxy) is 1. The normalized spacial score (nSPS) is 15.4. The zero-order valence-electron chi connectivity index (χ0n) is 17.8. The van der Waals surface area contributed by atoms with Crippen LogP contribution in [0.15, 0.2) is 53.7 Å². The van der Waals surface area contributed by atoms with Gasteiger partial charge in [0.15, 0.2) is 0 Å². The van der Waals surface area contributed by atoms with Crippen LogP contribution in [0.5, 0.6) is 5.75 Å². The molecule has 0 atom stereocenters. The lowest BCUT2D eigenvalue weighted by atomic mass is 9.97. The molecule has 1 saturated heterocycles. The number of rotatable bonds is 6. The molecule has 32 heavy (non-hydrogen) atoms. The lowest BCUT2D eigenvalue weighted by Crippen LogP contribution is -2.41. The summed E-state index contributed by atoms with van der Waals surface area (Å²) in [5.74, 6) is 0.0911. The minimum absolute atomic E-state index is 0.144. The summed E-state index contributed by atoms with van der Waals surface area (Å²) in [5.41, 5.74) is 2.23. The number of aryl methyl sites for hydroxylation is 1. The highest BCUT2D eigenvalue weighted by atomic mass is 32.2. The predicted octanol–water partition coefficient (Wildman–Crippen LogP) is 2.02. The number of tetrazole rings is 1. The molecule has 11 heteroatoms. The third-order valence-electron chi connectivity index (χ3n) is 5.53. The van der Waals surface area contributed by atoms with E-state index >= 15 is 0 Å². The number of sulfonamides is 1. The van der Waals surface area contributed by atoms with E-state index in [9.17, 15) is 13.2 Å². The van der Waals surface area contributed by atoms with Crippen molar-refractivity contribution >= 4 is 21.6 Å². The van der Waals surface area contributed by atoms with E-state index in [2.05, 4.69) is 20.8 Å². The summed E-state index contributed by atoms with van der Waals surface area (Å²) in [6.07, 6.45) is 2.36. The summed E-state index contributed by atoms with van der Waals surface area (Å²) in [7, 11) is -2.03. The van der Waals surface area contributed by atoms with Crippen LogP contribution in [-0.4, -0.2) is 59.0 Å². The number of hydrogen-bond acceptors (Lipinski definition) is 7. The molecule has 3 aromatic rings. The molecular weight excluding hydrogens is 432 g/mol. The minimum atomic E-state index is -3.56. The van der Waals surface area contributed by atoms with Crippen molar-refractivity contribution in [2.75, 3.05) is 25.5 Å². The van der Waals surface area contributed by atoms with Gasteiger partial charge in [0.05, 0.1) is 12.0 Å². The molecule has 10 nitrogen and oxygen atoms in total. The van der Waals surface area contributed by atoms with Crippen molar-refractivity contribution in [2.24, 2.45) is 5.92 Å². The molecular formula is C21H24N6O4S. The number of hydrogen-bond donors (Lipinski definition) is 1. The molecule has 0 bridgehead atoms. The number of benzene rings is 2. The number of amides is 1. The lowest BCUT2D eigenvalue weighted by molar-refractivity contribution is -0.120. The first-order chi connectivity index (χ1) is 15.4. The highest BCUT2D eigenvalue weighted by Gasteiger charge is 2.32. The number of aromatic nitrogens is 4. The van der Waals surface area contributed by atoms with Crippen LogP contribution in [0.3, 0.4) is 0 Å². The Morgan fingerprint density at radius 3 is 2.47 bits per heavy atom. The summed E-state index contributed by atoms with van der Waals surface area (Å²) >= 11 is 0. The number of nitrogens with one attached hydrogen (secondary N) is 1. The van der Waals surface area contributed by atoms with Gasteiger partial charge >= 0.3 is 0 Å². The van der Waals surface area contributed by atoms with Crippen LogP contribution >= 0.6 is 0 Å². The third kappa shape index (κ3) is 4.48. The van der Waals surface area contributed by atoms with Crippen molar-refractivity contribution in [1.29, 1.82) is 0 Å². The third-order valence-corrected chi connectivity index (χ3v) is 7.44. The fourth-order valence-corrected chi connectivity index (χ4v) is 5.15. The topological polar surface area (TPSA) is 119 Å². The maximum absolute atomic E-state index is 12.9. The summed E-state index contributed by atoms with van der Waals surface area (Å²) < 4.78 is 34.0. The van der Waals surface area contributed by atoms with E-state index in [1.165, 1.54) is 22.4 Å². The molecule has 1 fully saturated rings. The first-order valence-electron chi connectivity index (χ1n) is 10.2. The van der Waals surface area contributed by atoms with Crippen molar-refractivity contribution in [3.05, 3.63) is 54.4 Å². The Balaban J connectivity index is 1.39. The van der Waals surface area contributed by atoms with Gasteiger partial charge in [0.1, 0.15) is 17.8 Å². The molecule has 1 N–H and O–H groups in total. The van der Waals surface area contributed by atoms with Crippen LogP contribution in [0.1, 0.15) is 18.4 Å². The van der Waals surface area contributed by atoms with E-state index in [0.29, 0.717) is 43.1 Å². The first kappa shape index (κ1) is 21.9. The average Bonchev–Trinajstić information content (AvgIpc) is 3.34. The molecule has 1 aliphatic heterocycles. The Labute approximate surface area is 186 Å². The van der Waals surface area contributed by atoms with Gasteiger partial charge in [0.2, 0.25) is 15.9 Å². The van der Waals surface area contributed by atoms with Gasteiger partial charge in [-0.15, -0.1) is 5.10 Å². The zero-order valence-corrected chi connectivity index (χ0v) is 18.6. The molecule has 0 radical (unpaired) electrons. The van der Waals surface area contributed by atoms with E-state index in [1.54, 1.807) is 42.5 Å². The zero-order chi connectivity index (χ0) is 22.7. The number of carbonyl (C=O) groups excluding carboxylic acids is 1. The van der Waals surface area contributed by atoms with Crippen LogP contribution in [0.25, 0.3) is 5.69 Å². The summed E-state index contributed by atoms with van der Waals surface area (Å²) in [6, 6.07) is 12.0. The van der Waals surface area contributed by atoms with Gasteiger partial charge < -0.3 is 10.1 Å². The van der Waals surface area contributed by atoms with Crippen molar-refractivity contribution in [2.45, 2.75) is 24.7 Å². The Morgan fingerprint density at radius 1 is 1.12 bits per heavy atom. The predicted molar refractivity (Wildman–Crippen MR) is 117 cm³/mol. The molecule has 0 aliphatic carbocycles. The molecule has 0 spiro atoms. The van der Waals surface area contributed by atoms with E-state index in [-0.39, 0.29) is 16.7 Å². The second-order valence-corrected chi connectivity index (χ2v) is 9.56. The molecule has 2 heterocycles. The number of carbonyl (C=O) groups is 1. The Kier molecular flexibility index (Phi) is 6.19. The van der Waals surface area contributed by atoms with Crippen molar-refractivity contribution in [3.63, 3.8) is 0 Å². The number of nitrogens with zero attached hydrogens (tertiary/aromatic N) is 5. The van der Waals surface area contributed by atoms with E-state index in [1.807, 2.05) is 6.92 Å². The van der Waals surface area contributed by atoms with E-state index in [4.69, 9.17) is 4.74 Å². The molecule has 1 aliphatic rings. The second-order valence-electron chi connectivity index (χ2n) is 7.62. The average molecular weight is 457 g/mol. The molecule has 0 unspecified atom stereocenters. The Morgan fingerprint density at radius 2 is 1.84 bits per heavy atom. The van der Waals surface area contributed by atoms with Gasteiger partial charge in [-0.2, -0.15) is 8.99 Å². The monoisotopic (exact) mass is 456 g/mol. The second kappa shape index (κ2) is 9.05. The van der Waals surface area contributed by atoms with Crippen molar-refractivity contribution in [1.82, 2.24) is 24.5 Å². The highest BCUT2D eigenvalue weighted by Crippen LogP contribution is 2.28. The minimum Gasteiger partial charge on any atom is -0.494 e. The van der Waals surface area contributed by atoms with Gasteiger partial charge in [0, 0.05) is 30.8 Å². The first-order valence-corrected chi connectivity index (χ1v) is 11.6. The van der Waals surface area contributed by atoms with Gasteiger partial charge in [-0.3, -0.25) is 4.79 Å². The van der Waals surface area contributed by atoms with Crippen LogP contribution in [-0.2, 0) is 14.8 Å². The Bertz CT molecular complexity index is 1190. The maximum Gasteiger partial charge on any atom is 0.243 e. The molecule has 1 aromatic heterocycles. The number of anilines is 1.